The first-order valence-corrected chi connectivity index (χ1v) is 8.88. The van der Waals surface area contributed by atoms with Gasteiger partial charge in [-0.05, 0) is 33.1 Å². The minimum Gasteiger partial charge on any atom is -0.380 e. The molecule has 2 aromatic rings. The van der Waals surface area contributed by atoms with E-state index in [4.69, 9.17) is 0 Å². The van der Waals surface area contributed by atoms with E-state index in [0.717, 1.165) is 21.3 Å². The highest BCUT2D eigenvalue weighted by Crippen LogP contribution is 2.15. The molecule has 0 saturated heterocycles. The summed E-state index contributed by atoms with van der Waals surface area (Å²) in [5.41, 5.74) is 2.82. The number of nitrogens with zero attached hydrogens (tertiary/aromatic N) is 1. The summed E-state index contributed by atoms with van der Waals surface area (Å²) in [5, 5.41) is 3.26. The van der Waals surface area contributed by atoms with Gasteiger partial charge in [-0.1, -0.05) is 24.3 Å². The molecule has 0 atom stereocenters. The van der Waals surface area contributed by atoms with E-state index in [0.29, 0.717) is 6.54 Å². The first kappa shape index (κ1) is 15.0. The number of hydrogen-bond donors (Lipinski definition) is 1. The van der Waals surface area contributed by atoms with Crippen molar-refractivity contribution in [2.45, 2.75) is 12.3 Å². The number of halogens is 1. The SMILES string of the molecule is CS(=O)(=O)Cc1ccc(CNc2cncc(Br)c2)cc1. The summed E-state index contributed by atoms with van der Waals surface area (Å²) in [5.74, 6) is 0.0796. The lowest BCUT2D eigenvalue weighted by molar-refractivity contribution is 0.601. The lowest BCUT2D eigenvalue weighted by Gasteiger charge is -2.07. The normalized spacial score (nSPS) is 11.3. The summed E-state index contributed by atoms with van der Waals surface area (Å²) in [4.78, 5) is 4.07. The zero-order valence-corrected chi connectivity index (χ0v) is 13.4. The van der Waals surface area contributed by atoms with Crippen LogP contribution in [0.25, 0.3) is 0 Å². The molecule has 0 aliphatic rings. The molecule has 0 aliphatic heterocycles. The Balaban J connectivity index is 1.97. The van der Waals surface area contributed by atoms with Crippen molar-refractivity contribution in [3.8, 4) is 0 Å². The number of nitrogens with one attached hydrogen (secondary N) is 1. The fourth-order valence-corrected chi connectivity index (χ4v) is 2.93. The largest absolute Gasteiger partial charge is 0.380 e. The van der Waals surface area contributed by atoms with Gasteiger partial charge in [0.1, 0.15) is 0 Å². The Hall–Kier alpha value is -1.40. The molecule has 0 bridgehead atoms. The smallest absolute Gasteiger partial charge is 0.151 e. The van der Waals surface area contributed by atoms with Crippen molar-refractivity contribution in [1.82, 2.24) is 4.98 Å². The molecule has 0 unspecified atom stereocenters. The average Bonchev–Trinajstić information content (AvgIpc) is 2.36. The molecule has 0 aliphatic carbocycles. The number of sulfone groups is 1. The molecule has 0 amide bonds. The lowest BCUT2D eigenvalue weighted by Crippen LogP contribution is -2.02. The zero-order chi connectivity index (χ0) is 14.6. The molecule has 20 heavy (non-hydrogen) atoms. The summed E-state index contributed by atoms with van der Waals surface area (Å²) in [6.07, 6.45) is 4.72. The fraction of sp³-hybridized carbons (Fsp3) is 0.214. The second-order valence-electron chi connectivity index (χ2n) is 4.63. The van der Waals surface area contributed by atoms with Crippen LogP contribution in [0.2, 0.25) is 0 Å². The van der Waals surface area contributed by atoms with Crippen LogP contribution < -0.4 is 5.32 Å². The Morgan fingerprint density at radius 1 is 1.15 bits per heavy atom. The number of rotatable bonds is 5. The van der Waals surface area contributed by atoms with Crippen LogP contribution in [0.5, 0.6) is 0 Å². The Bertz CT molecular complexity index is 685. The van der Waals surface area contributed by atoms with E-state index in [2.05, 4.69) is 26.2 Å². The Morgan fingerprint density at radius 3 is 2.40 bits per heavy atom. The van der Waals surface area contributed by atoms with Gasteiger partial charge in [0.25, 0.3) is 0 Å². The Kier molecular flexibility index (Phi) is 4.77. The molecule has 0 radical (unpaired) electrons. The van der Waals surface area contributed by atoms with E-state index in [9.17, 15) is 8.42 Å². The number of benzene rings is 1. The third-order valence-electron chi connectivity index (χ3n) is 2.65. The predicted molar refractivity (Wildman–Crippen MR) is 84.3 cm³/mol. The standard InChI is InChI=1S/C14H15BrN2O2S/c1-20(18,19)10-12-4-2-11(3-5-12)7-17-14-6-13(15)8-16-9-14/h2-6,8-9,17H,7,10H2,1H3. The zero-order valence-electron chi connectivity index (χ0n) is 11.0. The number of anilines is 1. The highest BCUT2D eigenvalue weighted by atomic mass is 79.9. The first-order valence-electron chi connectivity index (χ1n) is 6.02. The summed E-state index contributed by atoms with van der Waals surface area (Å²) in [7, 11) is -2.98. The average molecular weight is 355 g/mol. The maximum Gasteiger partial charge on any atom is 0.151 e. The van der Waals surface area contributed by atoms with E-state index in [1.807, 2.05) is 30.3 Å². The predicted octanol–water partition coefficient (Wildman–Crippen LogP) is 3.00. The van der Waals surface area contributed by atoms with Gasteiger partial charge < -0.3 is 5.32 Å². The number of aromatic nitrogens is 1. The molecule has 4 nitrogen and oxygen atoms in total. The number of hydrogen-bond acceptors (Lipinski definition) is 4. The molecule has 1 aromatic heterocycles. The second-order valence-corrected chi connectivity index (χ2v) is 7.69. The van der Waals surface area contributed by atoms with Gasteiger partial charge in [-0.15, -0.1) is 0 Å². The summed E-state index contributed by atoms with van der Waals surface area (Å²) >= 11 is 3.37. The van der Waals surface area contributed by atoms with Gasteiger partial charge in [-0.3, -0.25) is 4.98 Å². The van der Waals surface area contributed by atoms with Crippen LogP contribution in [0.1, 0.15) is 11.1 Å². The topological polar surface area (TPSA) is 59.1 Å². The molecule has 0 fully saturated rings. The van der Waals surface area contributed by atoms with Crippen LogP contribution >= 0.6 is 15.9 Å². The maximum atomic E-state index is 11.2. The van der Waals surface area contributed by atoms with Crippen LogP contribution in [-0.4, -0.2) is 19.7 Å². The lowest BCUT2D eigenvalue weighted by atomic mass is 10.1. The van der Waals surface area contributed by atoms with Gasteiger partial charge in [0.15, 0.2) is 9.84 Å². The molecule has 1 heterocycles. The third kappa shape index (κ3) is 4.94. The van der Waals surface area contributed by atoms with Crippen molar-refractivity contribution in [2.24, 2.45) is 0 Å². The van der Waals surface area contributed by atoms with E-state index < -0.39 is 9.84 Å². The molecule has 1 N–H and O–H groups in total. The molecule has 6 heteroatoms. The summed E-state index contributed by atoms with van der Waals surface area (Å²) < 4.78 is 23.3. The van der Waals surface area contributed by atoms with Crippen LogP contribution in [0, 0.1) is 0 Å². The van der Waals surface area contributed by atoms with Crippen molar-refractivity contribution < 1.29 is 8.42 Å². The highest BCUT2D eigenvalue weighted by molar-refractivity contribution is 9.10. The van der Waals surface area contributed by atoms with Gasteiger partial charge in [0.2, 0.25) is 0 Å². The molecule has 0 spiro atoms. The molecule has 0 saturated carbocycles. The molecule has 2 rings (SSSR count). The molecule has 106 valence electrons. The van der Waals surface area contributed by atoms with Crippen molar-refractivity contribution in [1.29, 1.82) is 0 Å². The summed E-state index contributed by atoms with van der Waals surface area (Å²) in [6.45, 7) is 0.664. The van der Waals surface area contributed by atoms with Gasteiger partial charge in [-0.25, -0.2) is 8.42 Å². The number of pyridine rings is 1. The third-order valence-corrected chi connectivity index (χ3v) is 3.94. The van der Waals surface area contributed by atoms with E-state index >= 15 is 0 Å². The van der Waals surface area contributed by atoms with Gasteiger partial charge in [-0.2, -0.15) is 0 Å². The summed E-state index contributed by atoms with van der Waals surface area (Å²) in [6, 6.07) is 9.50. The Labute approximate surface area is 127 Å². The van der Waals surface area contributed by atoms with E-state index in [-0.39, 0.29) is 5.75 Å². The minimum absolute atomic E-state index is 0.0796. The van der Waals surface area contributed by atoms with Gasteiger partial charge in [0.05, 0.1) is 17.6 Å². The second kappa shape index (κ2) is 6.37. The Morgan fingerprint density at radius 2 is 1.80 bits per heavy atom. The van der Waals surface area contributed by atoms with Crippen LogP contribution in [0.15, 0.2) is 47.2 Å². The quantitative estimate of drug-likeness (QED) is 0.896. The van der Waals surface area contributed by atoms with Crippen LogP contribution in [0.4, 0.5) is 5.69 Å². The van der Waals surface area contributed by atoms with Gasteiger partial charge >= 0.3 is 0 Å². The van der Waals surface area contributed by atoms with E-state index in [1.165, 1.54) is 6.26 Å². The van der Waals surface area contributed by atoms with Crippen molar-refractivity contribution >= 4 is 31.5 Å². The van der Waals surface area contributed by atoms with Gasteiger partial charge in [0, 0.05) is 23.5 Å². The van der Waals surface area contributed by atoms with Crippen LogP contribution in [0.3, 0.4) is 0 Å². The monoisotopic (exact) mass is 354 g/mol. The van der Waals surface area contributed by atoms with Crippen LogP contribution in [-0.2, 0) is 22.1 Å². The highest BCUT2D eigenvalue weighted by Gasteiger charge is 2.04. The van der Waals surface area contributed by atoms with Crippen molar-refractivity contribution in [3.63, 3.8) is 0 Å². The van der Waals surface area contributed by atoms with E-state index in [1.54, 1.807) is 12.4 Å². The maximum absolute atomic E-state index is 11.2. The fourth-order valence-electron chi connectivity index (χ4n) is 1.77. The molecular weight excluding hydrogens is 340 g/mol. The van der Waals surface area contributed by atoms with Crippen molar-refractivity contribution in [3.05, 3.63) is 58.3 Å². The molecular formula is C14H15BrN2O2S. The molecule has 1 aromatic carbocycles. The van der Waals surface area contributed by atoms with Crippen molar-refractivity contribution in [2.75, 3.05) is 11.6 Å². The minimum atomic E-state index is -2.98. The first-order chi connectivity index (χ1) is 9.42.